The second kappa shape index (κ2) is 8.14. The normalized spacial score (nSPS) is 10.6. The van der Waals surface area contributed by atoms with E-state index in [9.17, 15) is 14.4 Å². The molecular weight excluding hydrogens is 300 g/mol. The highest BCUT2D eigenvalue weighted by Gasteiger charge is 2.16. The van der Waals surface area contributed by atoms with Crippen molar-refractivity contribution in [1.82, 2.24) is 16.2 Å². The predicted molar refractivity (Wildman–Crippen MR) is 84.2 cm³/mol. The minimum absolute atomic E-state index is 0.318. The molecule has 3 amide bonds. The molecule has 0 atom stereocenters. The monoisotopic (exact) mass is 322 g/mol. The minimum Gasteiger partial charge on any atom is -0.444 e. The molecule has 126 valence electrons. The number of alkyl carbamates (subject to hydrolysis) is 1. The summed E-state index contributed by atoms with van der Waals surface area (Å²) >= 11 is 0. The summed E-state index contributed by atoms with van der Waals surface area (Å²) in [5.41, 5.74) is 10.5. The van der Waals surface area contributed by atoms with E-state index < -0.39 is 23.5 Å². The smallest absolute Gasteiger partial charge is 0.408 e. The van der Waals surface area contributed by atoms with Crippen LogP contribution in [0.5, 0.6) is 0 Å². The molecule has 0 fully saturated rings. The molecule has 0 bridgehead atoms. The Hall–Kier alpha value is -2.61. The zero-order chi connectivity index (χ0) is 17.5. The fourth-order valence-electron chi connectivity index (χ4n) is 1.50. The van der Waals surface area contributed by atoms with Gasteiger partial charge in [0.2, 0.25) is 0 Å². The Kier molecular flexibility index (Phi) is 6.52. The molecule has 0 aliphatic rings. The highest BCUT2D eigenvalue weighted by atomic mass is 16.6. The van der Waals surface area contributed by atoms with Crippen molar-refractivity contribution in [3.05, 3.63) is 35.4 Å². The minimum atomic E-state index is -0.712. The summed E-state index contributed by atoms with van der Waals surface area (Å²) in [5.74, 6) is -1.05. The van der Waals surface area contributed by atoms with Gasteiger partial charge in [-0.2, -0.15) is 0 Å². The first-order valence-corrected chi connectivity index (χ1v) is 7.06. The molecule has 0 aliphatic carbocycles. The zero-order valence-corrected chi connectivity index (χ0v) is 13.4. The molecule has 1 aromatic carbocycles. The van der Waals surface area contributed by atoms with Crippen molar-refractivity contribution >= 4 is 17.9 Å². The van der Waals surface area contributed by atoms with Gasteiger partial charge in [0.15, 0.2) is 0 Å². The Morgan fingerprint density at radius 2 is 1.70 bits per heavy atom. The zero-order valence-electron chi connectivity index (χ0n) is 13.4. The van der Waals surface area contributed by atoms with Gasteiger partial charge in [0, 0.05) is 12.1 Å². The van der Waals surface area contributed by atoms with Crippen molar-refractivity contribution in [2.45, 2.75) is 32.9 Å². The Labute approximate surface area is 134 Å². The lowest BCUT2D eigenvalue weighted by atomic mass is 10.1. The average molecular weight is 322 g/mol. The highest BCUT2D eigenvalue weighted by molar-refractivity contribution is 5.95. The summed E-state index contributed by atoms with van der Waals surface area (Å²) in [5, 5.41) is 2.28. The van der Waals surface area contributed by atoms with Gasteiger partial charge < -0.3 is 15.8 Å². The maximum Gasteiger partial charge on any atom is 0.408 e. The molecule has 0 aliphatic heterocycles. The predicted octanol–water partition coefficient (Wildman–Crippen LogP) is 0.431. The molecule has 5 N–H and O–H groups in total. The fourth-order valence-corrected chi connectivity index (χ4v) is 1.50. The van der Waals surface area contributed by atoms with E-state index in [1.807, 2.05) is 0 Å². The number of carbonyl (C=O) groups excluding carboxylic acids is 3. The third kappa shape index (κ3) is 7.28. The van der Waals surface area contributed by atoms with Crippen LogP contribution >= 0.6 is 0 Å². The number of carbonyl (C=O) groups is 3. The number of rotatable bonds is 4. The van der Waals surface area contributed by atoms with Crippen molar-refractivity contribution in [2.24, 2.45) is 5.73 Å². The highest BCUT2D eigenvalue weighted by Crippen LogP contribution is 2.06. The lowest BCUT2D eigenvalue weighted by Crippen LogP contribution is -2.47. The van der Waals surface area contributed by atoms with Crippen molar-refractivity contribution in [2.75, 3.05) is 6.54 Å². The number of nitrogens with one attached hydrogen (secondary N) is 3. The van der Waals surface area contributed by atoms with Crippen LogP contribution in [0.15, 0.2) is 24.3 Å². The summed E-state index contributed by atoms with van der Waals surface area (Å²) < 4.78 is 4.98. The van der Waals surface area contributed by atoms with Crippen LogP contribution in [0.3, 0.4) is 0 Å². The molecule has 0 heterocycles. The van der Waals surface area contributed by atoms with Gasteiger partial charge in [-0.3, -0.25) is 20.4 Å². The first-order valence-electron chi connectivity index (χ1n) is 7.06. The largest absolute Gasteiger partial charge is 0.444 e. The Morgan fingerprint density at radius 1 is 1.09 bits per heavy atom. The van der Waals surface area contributed by atoms with Gasteiger partial charge in [0.05, 0.1) is 0 Å². The molecule has 0 radical (unpaired) electrons. The molecule has 8 nitrogen and oxygen atoms in total. The van der Waals surface area contributed by atoms with Gasteiger partial charge in [-0.1, -0.05) is 12.1 Å². The van der Waals surface area contributed by atoms with Crippen LogP contribution < -0.4 is 21.9 Å². The molecule has 0 aromatic heterocycles. The van der Waals surface area contributed by atoms with Crippen LogP contribution in [-0.4, -0.2) is 30.1 Å². The van der Waals surface area contributed by atoms with E-state index in [4.69, 9.17) is 10.5 Å². The molecule has 0 unspecified atom stereocenters. The SMILES string of the molecule is CC(C)(C)OC(=O)NCC(=O)NNC(=O)c1ccc(CN)cc1. The average Bonchev–Trinajstić information content (AvgIpc) is 2.49. The number of benzene rings is 1. The molecule has 8 heteroatoms. The first kappa shape index (κ1) is 18.4. The number of hydrogen-bond donors (Lipinski definition) is 4. The number of ether oxygens (including phenoxy) is 1. The number of nitrogens with two attached hydrogens (primary N) is 1. The van der Waals surface area contributed by atoms with Crippen LogP contribution in [0.2, 0.25) is 0 Å². The Balaban J connectivity index is 2.35. The van der Waals surface area contributed by atoms with Crippen LogP contribution in [0.4, 0.5) is 4.79 Å². The maximum atomic E-state index is 11.8. The molecule has 0 saturated heterocycles. The van der Waals surface area contributed by atoms with E-state index in [0.29, 0.717) is 12.1 Å². The van der Waals surface area contributed by atoms with E-state index in [1.54, 1.807) is 45.0 Å². The third-order valence-electron chi connectivity index (χ3n) is 2.56. The first-order chi connectivity index (χ1) is 10.7. The number of hydrazine groups is 1. The maximum absolute atomic E-state index is 11.8. The topological polar surface area (TPSA) is 123 Å². The Bertz CT molecular complexity index is 564. The van der Waals surface area contributed by atoms with Gasteiger partial charge in [0.25, 0.3) is 11.8 Å². The Morgan fingerprint density at radius 3 is 2.22 bits per heavy atom. The lowest BCUT2D eigenvalue weighted by Gasteiger charge is -2.19. The summed E-state index contributed by atoms with van der Waals surface area (Å²) in [7, 11) is 0. The van der Waals surface area contributed by atoms with Gasteiger partial charge in [-0.15, -0.1) is 0 Å². The van der Waals surface area contributed by atoms with Crippen LogP contribution in [0, 0.1) is 0 Å². The van der Waals surface area contributed by atoms with E-state index in [-0.39, 0.29) is 6.54 Å². The second-order valence-electron chi connectivity index (χ2n) is 5.76. The van der Waals surface area contributed by atoms with E-state index in [1.165, 1.54) is 0 Å². The molecule has 1 rings (SSSR count). The van der Waals surface area contributed by atoms with Gasteiger partial charge in [-0.05, 0) is 38.5 Å². The van der Waals surface area contributed by atoms with E-state index in [0.717, 1.165) is 5.56 Å². The summed E-state index contributed by atoms with van der Waals surface area (Å²) in [6, 6.07) is 6.65. The van der Waals surface area contributed by atoms with Gasteiger partial charge in [-0.25, -0.2) is 4.79 Å². The quantitative estimate of drug-likeness (QED) is 0.599. The fraction of sp³-hybridized carbons (Fsp3) is 0.400. The van der Waals surface area contributed by atoms with Gasteiger partial charge in [0.1, 0.15) is 12.1 Å². The second-order valence-corrected chi connectivity index (χ2v) is 5.76. The molecule has 23 heavy (non-hydrogen) atoms. The molecule has 0 saturated carbocycles. The summed E-state index contributed by atoms with van der Waals surface area (Å²) in [6.07, 6.45) is -0.712. The van der Waals surface area contributed by atoms with Crippen LogP contribution in [0.25, 0.3) is 0 Å². The van der Waals surface area contributed by atoms with Crippen molar-refractivity contribution in [3.63, 3.8) is 0 Å². The molecular formula is C15H22N4O4. The van der Waals surface area contributed by atoms with Crippen molar-refractivity contribution < 1.29 is 19.1 Å². The van der Waals surface area contributed by atoms with E-state index >= 15 is 0 Å². The number of hydrogen-bond acceptors (Lipinski definition) is 5. The molecule has 1 aromatic rings. The van der Waals surface area contributed by atoms with Crippen molar-refractivity contribution in [3.8, 4) is 0 Å². The summed E-state index contributed by atoms with van der Waals surface area (Å²) in [6.45, 7) is 5.20. The van der Waals surface area contributed by atoms with Crippen LogP contribution in [-0.2, 0) is 16.1 Å². The molecule has 0 spiro atoms. The van der Waals surface area contributed by atoms with Crippen molar-refractivity contribution in [1.29, 1.82) is 0 Å². The third-order valence-corrected chi connectivity index (χ3v) is 2.56. The van der Waals surface area contributed by atoms with Crippen LogP contribution in [0.1, 0.15) is 36.7 Å². The lowest BCUT2D eigenvalue weighted by molar-refractivity contribution is -0.121. The number of amides is 3. The van der Waals surface area contributed by atoms with E-state index in [2.05, 4.69) is 16.2 Å². The van der Waals surface area contributed by atoms with Gasteiger partial charge >= 0.3 is 6.09 Å². The summed E-state index contributed by atoms with van der Waals surface area (Å²) in [4.78, 5) is 34.7. The standard InChI is InChI=1S/C15H22N4O4/c1-15(2,3)23-14(22)17-9-12(20)18-19-13(21)11-6-4-10(8-16)5-7-11/h4-7H,8-9,16H2,1-3H3,(H,17,22)(H,18,20)(H,19,21).